The summed E-state index contributed by atoms with van der Waals surface area (Å²) >= 11 is 4.62. The molecule has 1 unspecified atom stereocenters. The van der Waals surface area contributed by atoms with Crippen molar-refractivity contribution in [2.24, 2.45) is 5.73 Å². The monoisotopic (exact) mass is 236 g/mol. The molecule has 1 aromatic heterocycles. The predicted octanol–water partition coefficient (Wildman–Crippen LogP) is 1.07. The molecular formula is C6H9BrN2OS. The average molecular weight is 237 g/mol. The van der Waals surface area contributed by atoms with Crippen molar-refractivity contribution in [3.05, 3.63) is 15.0 Å². The summed E-state index contributed by atoms with van der Waals surface area (Å²) in [7, 11) is 0. The maximum absolute atomic E-state index is 9.68. The van der Waals surface area contributed by atoms with Crippen LogP contribution in [0.5, 0.6) is 0 Å². The molecule has 11 heavy (non-hydrogen) atoms. The molecule has 0 aliphatic rings. The van der Waals surface area contributed by atoms with Crippen LogP contribution in [-0.4, -0.2) is 16.6 Å². The zero-order chi connectivity index (χ0) is 8.48. The molecule has 1 atom stereocenters. The van der Waals surface area contributed by atoms with Crippen molar-refractivity contribution in [2.45, 2.75) is 12.5 Å². The topological polar surface area (TPSA) is 59.1 Å². The second-order valence-corrected chi connectivity index (χ2v) is 4.06. The van der Waals surface area contributed by atoms with Crippen LogP contribution in [0, 0.1) is 0 Å². The van der Waals surface area contributed by atoms with E-state index in [0.717, 1.165) is 4.88 Å². The summed E-state index contributed by atoms with van der Waals surface area (Å²) in [5, 5.41) is 9.68. The lowest BCUT2D eigenvalue weighted by Gasteiger charge is -2.18. The van der Waals surface area contributed by atoms with E-state index in [4.69, 9.17) is 5.73 Å². The van der Waals surface area contributed by atoms with Gasteiger partial charge in [0.25, 0.3) is 0 Å². The van der Waals surface area contributed by atoms with Crippen LogP contribution in [0.15, 0.2) is 10.1 Å². The summed E-state index contributed by atoms with van der Waals surface area (Å²) in [6.07, 6.45) is 0. The molecule has 1 aromatic rings. The van der Waals surface area contributed by atoms with Crippen molar-refractivity contribution in [3.63, 3.8) is 0 Å². The van der Waals surface area contributed by atoms with E-state index < -0.39 is 5.60 Å². The van der Waals surface area contributed by atoms with Gasteiger partial charge in [0.2, 0.25) is 0 Å². The van der Waals surface area contributed by atoms with Crippen molar-refractivity contribution in [1.82, 2.24) is 4.98 Å². The lowest BCUT2D eigenvalue weighted by molar-refractivity contribution is 0.0697. The van der Waals surface area contributed by atoms with Gasteiger partial charge in [0, 0.05) is 6.54 Å². The number of hydrogen-bond donors (Lipinski definition) is 2. The minimum Gasteiger partial charge on any atom is -0.383 e. The summed E-state index contributed by atoms with van der Waals surface area (Å²) in [4.78, 5) is 4.73. The molecule has 3 nitrogen and oxygen atoms in total. The summed E-state index contributed by atoms with van der Waals surface area (Å²) in [6.45, 7) is 1.87. The van der Waals surface area contributed by atoms with E-state index in [9.17, 15) is 5.11 Å². The van der Waals surface area contributed by atoms with E-state index in [0.29, 0.717) is 4.60 Å². The van der Waals surface area contributed by atoms with Gasteiger partial charge < -0.3 is 10.8 Å². The molecular weight excluding hydrogens is 228 g/mol. The van der Waals surface area contributed by atoms with Crippen LogP contribution in [-0.2, 0) is 5.60 Å². The van der Waals surface area contributed by atoms with E-state index in [1.165, 1.54) is 11.3 Å². The lowest BCUT2D eigenvalue weighted by atomic mass is 10.1. The summed E-state index contributed by atoms with van der Waals surface area (Å²) < 4.78 is 0.679. The fraction of sp³-hybridized carbons (Fsp3) is 0.500. The molecule has 0 radical (unpaired) electrons. The first-order valence-corrected chi connectivity index (χ1v) is 4.77. The van der Waals surface area contributed by atoms with Crippen LogP contribution in [0.2, 0.25) is 0 Å². The highest BCUT2D eigenvalue weighted by molar-refractivity contribution is 9.10. The molecule has 3 N–H and O–H groups in total. The van der Waals surface area contributed by atoms with E-state index >= 15 is 0 Å². The van der Waals surface area contributed by atoms with Gasteiger partial charge in [-0.25, -0.2) is 4.98 Å². The van der Waals surface area contributed by atoms with Gasteiger partial charge in [-0.05, 0) is 22.9 Å². The lowest BCUT2D eigenvalue weighted by Crippen LogP contribution is -2.30. The average Bonchev–Trinajstić information content (AvgIpc) is 2.36. The molecule has 1 heterocycles. The van der Waals surface area contributed by atoms with E-state index in [2.05, 4.69) is 20.9 Å². The number of nitrogens with zero attached hydrogens (tertiary/aromatic N) is 1. The van der Waals surface area contributed by atoms with E-state index in [-0.39, 0.29) is 6.54 Å². The van der Waals surface area contributed by atoms with E-state index in [1.807, 2.05) is 0 Å². The van der Waals surface area contributed by atoms with Crippen molar-refractivity contribution in [1.29, 1.82) is 0 Å². The fourth-order valence-electron chi connectivity index (χ4n) is 0.674. The van der Waals surface area contributed by atoms with Gasteiger partial charge in [-0.15, -0.1) is 11.3 Å². The first-order chi connectivity index (χ1) is 5.08. The van der Waals surface area contributed by atoms with Gasteiger partial charge >= 0.3 is 0 Å². The normalized spacial score (nSPS) is 16.4. The van der Waals surface area contributed by atoms with Gasteiger partial charge in [0.1, 0.15) is 10.2 Å². The quantitative estimate of drug-likeness (QED) is 0.808. The van der Waals surface area contributed by atoms with Gasteiger partial charge in [0.05, 0.1) is 10.4 Å². The van der Waals surface area contributed by atoms with Crippen molar-refractivity contribution < 1.29 is 5.11 Å². The second-order valence-electron chi connectivity index (χ2n) is 2.45. The van der Waals surface area contributed by atoms with Gasteiger partial charge in [-0.1, -0.05) is 0 Å². The van der Waals surface area contributed by atoms with Crippen molar-refractivity contribution in [2.75, 3.05) is 6.54 Å². The predicted molar refractivity (Wildman–Crippen MR) is 48.4 cm³/mol. The molecule has 62 valence electrons. The molecule has 0 bridgehead atoms. The second kappa shape index (κ2) is 3.18. The number of nitrogens with two attached hydrogens (primary N) is 1. The van der Waals surface area contributed by atoms with Crippen LogP contribution in [0.4, 0.5) is 0 Å². The Hall–Kier alpha value is 0.0300. The third-order valence-corrected chi connectivity index (χ3v) is 3.35. The van der Waals surface area contributed by atoms with Gasteiger partial charge in [0.15, 0.2) is 0 Å². The molecule has 0 fully saturated rings. The zero-order valence-electron chi connectivity index (χ0n) is 6.04. The standard InChI is InChI=1S/C6H9BrN2OS/c1-6(10,2-8)4-5(7)9-3-11-4/h3,10H,2,8H2,1H3. The number of hydrogen-bond acceptors (Lipinski definition) is 4. The molecule has 0 saturated heterocycles. The van der Waals surface area contributed by atoms with E-state index in [1.54, 1.807) is 12.4 Å². The SMILES string of the molecule is CC(O)(CN)c1scnc1Br. The highest BCUT2D eigenvalue weighted by Gasteiger charge is 2.25. The van der Waals surface area contributed by atoms with Crippen molar-refractivity contribution >= 4 is 27.3 Å². The minimum absolute atomic E-state index is 0.202. The molecule has 0 aliphatic carbocycles. The zero-order valence-corrected chi connectivity index (χ0v) is 8.44. The van der Waals surface area contributed by atoms with Crippen LogP contribution in [0.25, 0.3) is 0 Å². The Bertz CT molecular complexity index is 248. The first kappa shape index (κ1) is 9.12. The van der Waals surface area contributed by atoms with Gasteiger partial charge in [-0.3, -0.25) is 0 Å². The number of aliphatic hydroxyl groups is 1. The summed E-state index contributed by atoms with van der Waals surface area (Å²) in [5.74, 6) is 0. The smallest absolute Gasteiger partial charge is 0.123 e. The molecule has 0 aliphatic heterocycles. The molecule has 1 rings (SSSR count). The highest BCUT2D eigenvalue weighted by atomic mass is 79.9. The maximum atomic E-state index is 9.68. The number of halogens is 1. The fourth-order valence-corrected chi connectivity index (χ4v) is 2.37. The van der Waals surface area contributed by atoms with Crippen LogP contribution >= 0.6 is 27.3 Å². The Balaban J connectivity index is 3.00. The Morgan fingerprint density at radius 1 is 1.91 bits per heavy atom. The summed E-state index contributed by atoms with van der Waals surface area (Å²) in [5.41, 5.74) is 6.09. The molecule has 0 spiro atoms. The Kier molecular flexibility index (Phi) is 2.64. The molecule has 5 heteroatoms. The van der Waals surface area contributed by atoms with Crippen molar-refractivity contribution in [3.8, 4) is 0 Å². The maximum Gasteiger partial charge on any atom is 0.123 e. The van der Waals surface area contributed by atoms with Crippen LogP contribution < -0.4 is 5.73 Å². The van der Waals surface area contributed by atoms with Gasteiger partial charge in [-0.2, -0.15) is 0 Å². The van der Waals surface area contributed by atoms with Crippen LogP contribution in [0.3, 0.4) is 0 Å². The largest absolute Gasteiger partial charge is 0.383 e. The molecule has 0 saturated carbocycles. The van der Waals surface area contributed by atoms with Crippen LogP contribution in [0.1, 0.15) is 11.8 Å². The third kappa shape index (κ3) is 1.79. The minimum atomic E-state index is -0.958. The number of aromatic nitrogens is 1. The summed E-state index contributed by atoms with van der Waals surface area (Å²) in [6, 6.07) is 0. The molecule has 0 aromatic carbocycles. The first-order valence-electron chi connectivity index (χ1n) is 3.10. The number of rotatable bonds is 2. The highest BCUT2D eigenvalue weighted by Crippen LogP contribution is 2.29. The Morgan fingerprint density at radius 3 is 2.91 bits per heavy atom. The number of thiazole rings is 1. The Morgan fingerprint density at radius 2 is 2.55 bits per heavy atom. The Labute approximate surface area is 77.4 Å². The third-order valence-electron chi connectivity index (χ3n) is 1.41. The molecule has 0 amide bonds.